The summed E-state index contributed by atoms with van der Waals surface area (Å²) < 4.78 is 1.96. The van der Waals surface area contributed by atoms with E-state index < -0.39 is 0 Å². The summed E-state index contributed by atoms with van der Waals surface area (Å²) in [7, 11) is 0. The molecule has 0 aliphatic rings. The molecule has 2 N–H and O–H groups in total. The second-order valence-electron chi connectivity index (χ2n) is 7.76. The van der Waals surface area contributed by atoms with Gasteiger partial charge in [0.1, 0.15) is 0 Å². The monoisotopic (exact) mass is 446 g/mol. The number of anilines is 1. The number of H-pyrrole nitrogens is 1. The molecule has 5 rings (SSSR count). The van der Waals surface area contributed by atoms with E-state index in [0.717, 1.165) is 33.8 Å². The highest BCUT2D eigenvalue weighted by Gasteiger charge is 2.13. The molecular formula is C27H22N6O. The number of aromatic amines is 1. The highest BCUT2D eigenvalue weighted by molar-refractivity contribution is 5.80. The summed E-state index contributed by atoms with van der Waals surface area (Å²) >= 11 is 0. The van der Waals surface area contributed by atoms with Crippen LogP contribution in [-0.2, 0) is 0 Å². The lowest BCUT2D eigenvalue weighted by Gasteiger charge is -2.08. The molecule has 0 spiro atoms. The van der Waals surface area contributed by atoms with Crippen molar-refractivity contribution >= 4 is 12.2 Å². The van der Waals surface area contributed by atoms with Crippen molar-refractivity contribution in [2.24, 2.45) is 5.10 Å². The predicted octanol–water partition coefficient (Wildman–Crippen LogP) is 5.04. The molecule has 34 heavy (non-hydrogen) atoms. The Bertz CT molecular complexity index is 1490. The van der Waals surface area contributed by atoms with E-state index in [0.29, 0.717) is 11.6 Å². The Morgan fingerprint density at radius 1 is 0.882 bits per heavy atom. The van der Waals surface area contributed by atoms with Gasteiger partial charge in [-0.05, 0) is 30.7 Å². The maximum Gasteiger partial charge on any atom is 0.252 e. The zero-order valence-electron chi connectivity index (χ0n) is 18.5. The Labute approximate surface area is 196 Å². The van der Waals surface area contributed by atoms with Crippen LogP contribution in [0.25, 0.3) is 28.2 Å². The topological polar surface area (TPSA) is 88.0 Å². The van der Waals surface area contributed by atoms with Crippen LogP contribution in [0.5, 0.6) is 0 Å². The van der Waals surface area contributed by atoms with Crippen LogP contribution in [-0.4, -0.2) is 26.0 Å². The predicted molar refractivity (Wildman–Crippen MR) is 135 cm³/mol. The Balaban J connectivity index is 1.43. The summed E-state index contributed by atoms with van der Waals surface area (Å²) in [5.41, 5.74) is 9.06. The Morgan fingerprint density at radius 2 is 1.56 bits per heavy atom. The maximum atomic E-state index is 11.5. The zero-order chi connectivity index (χ0) is 23.3. The van der Waals surface area contributed by atoms with Gasteiger partial charge in [-0.1, -0.05) is 72.8 Å². The second kappa shape index (κ2) is 9.38. The van der Waals surface area contributed by atoms with Gasteiger partial charge in [-0.3, -0.25) is 9.78 Å². The molecule has 2 heterocycles. The smallest absolute Gasteiger partial charge is 0.252 e. The van der Waals surface area contributed by atoms with Gasteiger partial charge in [0.2, 0.25) is 5.95 Å². The van der Waals surface area contributed by atoms with Gasteiger partial charge in [-0.2, -0.15) is 10.2 Å². The van der Waals surface area contributed by atoms with Crippen LogP contribution in [0.2, 0.25) is 0 Å². The molecule has 166 valence electrons. The molecule has 0 unspecified atom stereocenters. The standard InChI is InChI=1S/C27H22N6O/c1-19-16-26(34)30-27(29-19)31-28-18-20-12-14-23(15-13-20)33-25(22-10-6-3-7-11-22)17-24(32-33)21-8-4-2-5-9-21/h2-18H,1H3,(H2,29,30,31,34)/b28-18-. The normalized spacial score (nSPS) is 11.1. The summed E-state index contributed by atoms with van der Waals surface area (Å²) in [6.45, 7) is 1.76. The number of aromatic nitrogens is 4. The number of nitrogens with one attached hydrogen (secondary N) is 2. The number of rotatable bonds is 6. The third-order valence-corrected chi connectivity index (χ3v) is 5.24. The molecule has 0 amide bonds. The summed E-state index contributed by atoms with van der Waals surface area (Å²) in [5.74, 6) is 0.301. The average molecular weight is 447 g/mol. The number of hydrogen-bond donors (Lipinski definition) is 2. The fourth-order valence-corrected chi connectivity index (χ4v) is 3.64. The van der Waals surface area contributed by atoms with Gasteiger partial charge in [-0.15, -0.1) is 0 Å². The van der Waals surface area contributed by atoms with Crippen molar-refractivity contribution in [3.63, 3.8) is 0 Å². The summed E-state index contributed by atoms with van der Waals surface area (Å²) in [6, 6.07) is 31.8. The maximum absolute atomic E-state index is 11.5. The van der Waals surface area contributed by atoms with Crippen molar-refractivity contribution in [2.75, 3.05) is 5.43 Å². The molecule has 0 bridgehead atoms. The number of hydrazone groups is 1. The number of hydrogen-bond acceptors (Lipinski definition) is 5. The van der Waals surface area contributed by atoms with Crippen molar-refractivity contribution < 1.29 is 0 Å². The van der Waals surface area contributed by atoms with E-state index in [9.17, 15) is 4.79 Å². The summed E-state index contributed by atoms with van der Waals surface area (Å²) in [4.78, 5) is 18.3. The highest BCUT2D eigenvalue weighted by atomic mass is 16.1. The molecule has 0 aliphatic carbocycles. The second-order valence-corrected chi connectivity index (χ2v) is 7.76. The van der Waals surface area contributed by atoms with Crippen LogP contribution in [0.15, 0.2) is 107 Å². The Hall–Kier alpha value is -4.78. The molecule has 2 aromatic heterocycles. The van der Waals surface area contributed by atoms with Crippen molar-refractivity contribution in [3.8, 4) is 28.2 Å². The van der Waals surface area contributed by atoms with E-state index in [4.69, 9.17) is 5.10 Å². The third-order valence-electron chi connectivity index (χ3n) is 5.24. The van der Waals surface area contributed by atoms with Crippen LogP contribution >= 0.6 is 0 Å². The number of aryl methyl sites for hydroxylation is 1. The first-order chi connectivity index (χ1) is 16.7. The van der Waals surface area contributed by atoms with Gasteiger partial charge in [0, 0.05) is 22.9 Å². The molecule has 0 fully saturated rings. The molecule has 0 radical (unpaired) electrons. The van der Waals surface area contributed by atoms with Crippen LogP contribution < -0.4 is 11.0 Å². The van der Waals surface area contributed by atoms with Crippen molar-refractivity contribution in [2.45, 2.75) is 6.92 Å². The van der Waals surface area contributed by atoms with E-state index in [1.807, 2.05) is 65.3 Å². The van der Waals surface area contributed by atoms with E-state index in [2.05, 4.69) is 50.8 Å². The van der Waals surface area contributed by atoms with Crippen molar-refractivity contribution in [1.82, 2.24) is 19.7 Å². The van der Waals surface area contributed by atoms with Crippen molar-refractivity contribution in [3.05, 3.63) is 119 Å². The van der Waals surface area contributed by atoms with Crippen LogP contribution in [0, 0.1) is 6.92 Å². The highest BCUT2D eigenvalue weighted by Crippen LogP contribution is 2.28. The lowest BCUT2D eigenvalue weighted by molar-refractivity contribution is 0.892. The van der Waals surface area contributed by atoms with Crippen LogP contribution in [0.3, 0.4) is 0 Å². The lowest BCUT2D eigenvalue weighted by Crippen LogP contribution is -2.10. The molecular weight excluding hydrogens is 424 g/mol. The molecule has 5 aromatic rings. The summed E-state index contributed by atoms with van der Waals surface area (Å²) in [6.07, 6.45) is 1.67. The van der Waals surface area contributed by atoms with Gasteiger partial charge >= 0.3 is 0 Å². The number of nitrogens with zero attached hydrogens (tertiary/aromatic N) is 4. The minimum atomic E-state index is -0.224. The average Bonchev–Trinajstić information content (AvgIpc) is 3.31. The minimum Gasteiger partial charge on any atom is -0.291 e. The molecule has 0 atom stereocenters. The fraction of sp³-hybridized carbons (Fsp3) is 0.0370. The number of benzene rings is 3. The van der Waals surface area contributed by atoms with E-state index in [-0.39, 0.29) is 5.56 Å². The largest absolute Gasteiger partial charge is 0.291 e. The SMILES string of the molecule is Cc1cc(=O)[nH]c(N/N=C\c2ccc(-n3nc(-c4ccccc4)cc3-c3ccccc3)cc2)n1. The molecule has 7 heteroatoms. The van der Waals surface area contributed by atoms with Gasteiger partial charge in [0.15, 0.2) is 0 Å². The van der Waals surface area contributed by atoms with Crippen LogP contribution in [0.4, 0.5) is 5.95 Å². The molecule has 7 nitrogen and oxygen atoms in total. The minimum absolute atomic E-state index is 0.224. The van der Waals surface area contributed by atoms with E-state index in [1.165, 1.54) is 6.07 Å². The first kappa shape index (κ1) is 21.1. The Morgan fingerprint density at radius 3 is 2.24 bits per heavy atom. The quantitative estimate of drug-likeness (QED) is 0.282. The van der Waals surface area contributed by atoms with Gasteiger partial charge < -0.3 is 0 Å². The van der Waals surface area contributed by atoms with E-state index in [1.54, 1.807) is 13.1 Å². The Kier molecular flexibility index (Phi) is 5.82. The zero-order valence-corrected chi connectivity index (χ0v) is 18.5. The van der Waals surface area contributed by atoms with Crippen LogP contribution in [0.1, 0.15) is 11.3 Å². The lowest BCUT2D eigenvalue weighted by atomic mass is 10.1. The van der Waals surface area contributed by atoms with E-state index >= 15 is 0 Å². The fourth-order valence-electron chi connectivity index (χ4n) is 3.64. The van der Waals surface area contributed by atoms with Crippen molar-refractivity contribution in [1.29, 1.82) is 0 Å². The summed E-state index contributed by atoms with van der Waals surface area (Å²) in [5, 5.41) is 9.08. The molecule has 0 aliphatic heterocycles. The van der Waals surface area contributed by atoms with Gasteiger partial charge in [-0.25, -0.2) is 15.1 Å². The van der Waals surface area contributed by atoms with Gasteiger partial charge in [0.05, 0.1) is 23.3 Å². The molecule has 0 saturated carbocycles. The van der Waals surface area contributed by atoms with Gasteiger partial charge in [0.25, 0.3) is 5.56 Å². The first-order valence-electron chi connectivity index (χ1n) is 10.8. The molecule has 0 saturated heterocycles. The third kappa shape index (κ3) is 4.68. The molecule has 3 aromatic carbocycles. The first-order valence-corrected chi connectivity index (χ1v) is 10.8.